The molecule has 0 unspecified atom stereocenters. The second-order valence-corrected chi connectivity index (χ2v) is 13.5. The van der Waals surface area contributed by atoms with Gasteiger partial charge < -0.3 is 0 Å². The summed E-state index contributed by atoms with van der Waals surface area (Å²) in [5, 5.41) is 0. The lowest BCUT2D eigenvalue weighted by atomic mass is 9.97. The SMILES string of the molecule is Cc1ccc(-c2ccc(-c3c4nsnc4c(-c4ccc(-c5ccc(C)cc5)s4)c4nc5c(nc34)CCCC5)s2)cc1. The van der Waals surface area contributed by atoms with Gasteiger partial charge in [0.05, 0.1) is 23.1 Å². The van der Waals surface area contributed by atoms with Gasteiger partial charge in [0, 0.05) is 30.6 Å². The van der Waals surface area contributed by atoms with Gasteiger partial charge in [0.15, 0.2) is 0 Å². The van der Waals surface area contributed by atoms with Gasteiger partial charge in [-0.05, 0) is 74.9 Å². The van der Waals surface area contributed by atoms with E-state index >= 15 is 0 Å². The highest BCUT2D eigenvalue weighted by Crippen LogP contribution is 2.47. The van der Waals surface area contributed by atoms with Gasteiger partial charge in [-0.25, -0.2) is 9.97 Å². The molecule has 3 aromatic carbocycles. The van der Waals surface area contributed by atoms with Gasteiger partial charge >= 0.3 is 0 Å². The van der Waals surface area contributed by atoms with Gasteiger partial charge in [0.2, 0.25) is 0 Å². The maximum absolute atomic E-state index is 5.36. The van der Waals surface area contributed by atoms with Crippen molar-refractivity contribution in [2.24, 2.45) is 0 Å². The molecule has 0 atom stereocenters. The number of benzene rings is 3. The van der Waals surface area contributed by atoms with Crippen molar-refractivity contribution in [3.63, 3.8) is 0 Å². The second kappa shape index (κ2) is 9.94. The Morgan fingerprint density at radius 1 is 0.488 bits per heavy atom. The van der Waals surface area contributed by atoms with E-state index in [4.69, 9.17) is 18.7 Å². The highest BCUT2D eigenvalue weighted by Gasteiger charge is 2.26. The average molecular weight is 587 g/mol. The van der Waals surface area contributed by atoms with Crippen molar-refractivity contribution in [1.82, 2.24) is 18.7 Å². The van der Waals surface area contributed by atoms with Crippen LogP contribution in [0, 0.1) is 13.8 Å². The molecule has 1 aliphatic carbocycles. The monoisotopic (exact) mass is 586 g/mol. The Hall–Kier alpha value is -3.78. The Morgan fingerprint density at radius 3 is 1.34 bits per heavy atom. The number of aromatic nitrogens is 4. The summed E-state index contributed by atoms with van der Waals surface area (Å²) in [4.78, 5) is 15.5. The van der Waals surface area contributed by atoms with E-state index in [9.17, 15) is 0 Å². The van der Waals surface area contributed by atoms with Gasteiger partial charge in [0.25, 0.3) is 0 Å². The Morgan fingerprint density at radius 2 is 0.902 bits per heavy atom. The molecule has 4 heterocycles. The molecule has 7 aromatic rings. The fraction of sp³-hybridized carbons (Fsp3) is 0.176. The molecule has 7 heteroatoms. The van der Waals surface area contributed by atoms with E-state index in [0.717, 1.165) is 80.0 Å². The van der Waals surface area contributed by atoms with Gasteiger partial charge in [0.1, 0.15) is 22.1 Å². The summed E-state index contributed by atoms with van der Waals surface area (Å²) in [5.41, 5.74) is 13.1. The van der Waals surface area contributed by atoms with Crippen molar-refractivity contribution in [3.8, 4) is 41.8 Å². The molecule has 4 aromatic heterocycles. The first kappa shape index (κ1) is 25.0. The van der Waals surface area contributed by atoms with Crippen molar-refractivity contribution >= 4 is 56.5 Å². The second-order valence-electron chi connectivity index (χ2n) is 10.8. The minimum atomic E-state index is 0.921. The molecule has 41 heavy (non-hydrogen) atoms. The van der Waals surface area contributed by atoms with Crippen molar-refractivity contribution in [2.75, 3.05) is 0 Å². The Balaban J connectivity index is 1.37. The predicted octanol–water partition coefficient (Wildman–Crippen LogP) is 9.92. The molecule has 4 nitrogen and oxygen atoms in total. The number of aryl methyl sites for hydroxylation is 4. The van der Waals surface area contributed by atoms with Crippen molar-refractivity contribution in [3.05, 3.63) is 95.3 Å². The van der Waals surface area contributed by atoms with Gasteiger partial charge in [-0.2, -0.15) is 8.75 Å². The van der Waals surface area contributed by atoms with Crippen LogP contribution in [0.25, 0.3) is 63.8 Å². The summed E-state index contributed by atoms with van der Waals surface area (Å²) in [6.45, 7) is 4.25. The van der Waals surface area contributed by atoms with Crippen LogP contribution in [0.4, 0.5) is 0 Å². The number of hydrogen-bond acceptors (Lipinski definition) is 7. The van der Waals surface area contributed by atoms with Gasteiger partial charge in [-0.15, -0.1) is 22.7 Å². The summed E-state index contributed by atoms with van der Waals surface area (Å²) in [7, 11) is 0. The van der Waals surface area contributed by atoms with Crippen molar-refractivity contribution in [1.29, 1.82) is 0 Å². The van der Waals surface area contributed by atoms with Gasteiger partial charge in [-0.3, -0.25) is 0 Å². The standard InChI is InChI=1S/C34H26N4S3/c1-19-7-11-21(12-8-19)25-15-17-27(39-25)29-31-32(36-24-6-4-3-5-23(24)35-31)30(34-33(29)37-41-38-34)28-18-16-26(40-28)22-13-9-20(2)10-14-22/h7-18H,3-6H2,1-2H3. The number of nitrogens with zero attached hydrogens (tertiary/aromatic N) is 4. The number of fused-ring (bicyclic) bond motifs is 3. The first-order valence-electron chi connectivity index (χ1n) is 13.9. The third-order valence-corrected chi connectivity index (χ3v) is 10.8. The summed E-state index contributed by atoms with van der Waals surface area (Å²) >= 11 is 4.86. The summed E-state index contributed by atoms with van der Waals surface area (Å²) in [6.07, 6.45) is 4.29. The Bertz CT molecular complexity index is 1920. The fourth-order valence-corrected chi connectivity index (χ4v) is 8.41. The molecule has 8 rings (SSSR count). The molecule has 1 aliphatic rings. The maximum atomic E-state index is 5.36. The van der Waals surface area contributed by atoms with Crippen molar-refractivity contribution < 1.29 is 0 Å². The van der Waals surface area contributed by atoms with Crippen LogP contribution in [0.3, 0.4) is 0 Å². The fourth-order valence-electron chi connectivity index (χ4n) is 5.74. The molecule has 0 saturated heterocycles. The lowest BCUT2D eigenvalue weighted by Gasteiger charge is -2.17. The molecule has 0 N–H and O–H groups in total. The zero-order valence-corrected chi connectivity index (χ0v) is 25.2. The van der Waals surface area contributed by atoms with E-state index < -0.39 is 0 Å². The van der Waals surface area contributed by atoms with E-state index in [2.05, 4.69) is 86.6 Å². The molecule has 0 fully saturated rings. The number of hydrogen-bond donors (Lipinski definition) is 0. The minimum absolute atomic E-state index is 0.921. The molecule has 0 amide bonds. The summed E-state index contributed by atoms with van der Waals surface area (Å²) in [6, 6.07) is 26.4. The molecule has 200 valence electrons. The minimum Gasteiger partial charge on any atom is -0.248 e. The van der Waals surface area contributed by atoms with Crippen LogP contribution in [0.2, 0.25) is 0 Å². The molecule has 0 aliphatic heterocycles. The highest BCUT2D eigenvalue weighted by atomic mass is 32.1. The van der Waals surface area contributed by atoms with Crippen LogP contribution in [0.1, 0.15) is 35.4 Å². The van der Waals surface area contributed by atoms with Crippen molar-refractivity contribution in [2.45, 2.75) is 39.5 Å². The maximum Gasteiger partial charge on any atom is 0.116 e. The Labute approximate surface area is 250 Å². The first-order chi connectivity index (χ1) is 20.1. The molecular formula is C34H26N4S3. The third kappa shape index (κ3) is 4.31. The Kier molecular flexibility index (Phi) is 6.06. The lowest BCUT2D eigenvalue weighted by molar-refractivity contribution is 0.655. The van der Waals surface area contributed by atoms with E-state index in [1.807, 2.05) is 0 Å². The smallest absolute Gasteiger partial charge is 0.116 e. The number of thiophene rings is 2. The largest absolute Gasteiger partial charge is 0.248 e. The van der Waals surface area contributed by atoms with Crippen LogP contribution < -0.4 is 0 Å². The number of rotatable bonds is 4. The molecular weight excluding hydrogens is 561 g/mol. The van der Waals surface area contributed by atoms with E-state index in [1.165, 1.54) is 43.7 Å². The van der Waals surface area contributed by atoms with E-state index in [0.29, 0.717) is 0 Å². The highest BCUT2D eigenvalue weighted by molar-refractivity contribution is 7.19. The summed E-state index contributed by atoms with van der Waals surface area (Å²) in [5.74, 6) is 0. The zero-order valence-electron chi connectivity index (χ0n) is 22.8. The van der Waals surface area contributed by atoms with E-state index in [1.54, 1.807) is 22.7 Å². The van der Waals surface area contributed by atoms with Crippen LogP contribution in [0.15, 0.2) is 72.8 Å². The van der Waals surface area contributed by atoms with Gasteiger partial charge in [-0.1, -0.05) is 59.7 Å². The zero-order chi connectivity index (χ0) is 27.5. The molecule has 0 saturated carbocycles. The molecule has 0 bridgehead atoms. The lowest BCUT2D eigenvalue weighted by Crippen LogP contribution is -2.09. The molecule has 0 spiro atoms. The van der Waals surface area contributed by atoms with Crippen LogP contribution in [-0.4, -0.2) is 18.7 Å². The normalized spacial score (nSPS) is 13.2. The first-order valence-corrected chi connectivity index (χ1v) is 16.3. The van der Waals surface area contributed by atoms with Crippen LogP contribution in [-0.2, 0) is 12.8 Å². The third-order valence-electron chi connectivity index (χ3n) is 7.94. The van der Waals surface area contributed by atoms with Crippen LogP contribution in [0.5, 0.6) is 0 Å². The summed E-state index contributed by atoms with van der Waals surface area (Å²) < 4.78 is 9.77. The average Bonchev–Trinajstić information content (AvgIpc) is 3.77. The van der Waals surface area contributed by atoms with Crippen LogP contribution >= 0.6 is 34.4 Å². The molecule has 0 radical (unpaired) electrons. The topological polar surface area (TPSA) is 51.6 Å². The predicted molar refractivity (Wildman–Crippen MR) is 174 cm³/mol. The van der Waals surface area contributed by atoms with E-state index in [-0.39, 0.29) is 0 Å². The quantitative estimate of drug-likeness (QED) is 0.206.